The largest absolute Gasteiger partial charge is 0.398 e. The monoisotopic (exact) mass is 1040 g/mol. The lowest BCUT2D eigenvalue weighted by molar-refractivity contribution is -0.199. The molecule has 5 aromatic carbocycles. The second-order valence-electron chi connectivity index (χ2n) is 14.2. The predicted molar refractivity (Wildman–Crippen MR) is 260 cm³/mol. The van der Waals surface area contributed by atoms with E-state index < -0.39 is 26.7 Å². The summed E-state index contributed by atoms with van der Waals surface area (Å²) in [6.45, 7) is 11.2. The summed E-state index contributed by atoms with van der Waals surface area (Å²) >= 11 is 1.18. The molecule has 7 aromatic rings. The number of nitrogens with two attached hydrogens (primary N) is 4. The number of para-hydroxylation sites is 1. The van der Waals surface area contributed by atoms with E-state index in [0.29, 0.717) is 47.3 Å². The summed E-state index contributed by atoms with van der Waals surface area (Å²) in [5.41, 5.74) is 10.4. The van der Waals surface area contributed by atoms with Crippen molar-refractivity contribution < 1.29 is 52.2 Å². The average molecular weight is 1040 g/mol. The first-order valence-corrected chi connectivity index (χ1v) is 24.7. The Kier molecular flexibility index (Phi) is 20.1. The lowest BCUT2D eigenvalue weighted by Crippen LogP contribution is -2.34. The lowest BCUT2D eigenvalue weighted by atomic mass is 9.94. The molecule has 2 heterocycles. The van der Waals surface area contributed by atoms with Crippen LogP contribution in [0.15, 0.2) is 128 Å². The number of rotatable bonds is 21. The minimum atomic E-state index is -4.17. The van der Waals surface area contributed by atoms with Gasteiger partial charge in [-0.05, 0) is 133 Å². The van der Waals surface area contributed by atoms with Gasteiger partial charge in [0.25, 0.3) is 24.6 Å². The molecule has 0 saturated heterocycles. The van der Waals surface area contributed by atoms with Gasteiger partial charge in [-0.15, -0.1) is 39.0 Å². The summed E-state index contributed by atoms with van der Waals surface area (Å²) in [7, 11) is -8.30. The van der Waals surface area contributed by atoms with Gasteiger partial charge in [-0.3, -0.25) is 5.01 Å². The molecule has 0 spiro atoms. The van der Waals surface area contributed by atoms with Gasteiger partial charge < -0.3 is 22.2 Å². The molecule has 0 amide bonds. The van der Waals surface area contributed by atoms with E-state index in [1.54, 1.807) is 78.3 Å². The first kappa shape index (κ1) is 54.4. The van der Waals surface area contributed by atoms with Crippen molar-refractivity contribution in [3.63, 3.8) is 0 Å². The molecule has 0 bridgehead atoms. The standard InChI is InChI=1S/C23H24N6O6S2.C17H20N6O6S2.C2H6/c1-16-12-18(8-10-21(16)32-36-35-34-24)23(19-9-11-22(17(2)13-19)33-37(25,30)31)29(28-14-26-27-15-28)20-6-4-3-5-7-20;1-11-7-13(3-5-15(11)26-30-29-28-18)17(22-23-9-20-21-10-23)14-4-6-16(12(2)8-14)27-31(19,24)25;1-2/h3-15,23H,24H2,1-2H3,(H2,25,30,31);3-10,17,22H,18H2,1-2H3,(H2,19,24,25);1-2H3. The number of aromatic nitrogens is 6. The van der Waals surface area contributed by atoms with Crippen LogP contribution in [0.2, 0.25) is 0 Å². The molecule has 0 saturated carbocycles. The van der Waals surface area contributed by atoms with Gasteiger partial charge in [-0.1, -0.05) is 56.3 Å². The molecule has 28 heteroatoms. The quantitative estimate of drug-likeness (QED) is 0.0242. The van der Waals surface area contributed by atoms with Crippen LogP contribution in [0, 0.1) is 27.7 Å². The Morgan fingerprint density at radius 3 is 1.34 bits per heavy atom. The highest BCUT2D eigenvalue weighted by Crippen LogP contribution is 2.38. The second-order valence-corrected chi connectivity index (χ2v) is 17.4. The zero-order chi connectivity index (χ0) is 50.8. The molecule has 0 radical (unpaired) electrons. The van der Waals surface area contributed by atoms with Crippen molar-refractivity contribution >= 4 is 50.9 Å². The molecular weight excluding hydrogens is 993 g/mol. The van der Waals surface area contributed by atoms with Crippen LogP contribution in [0.4, 0.5) is 5.69 Å². The van der Waals surface area contributed by atoms with Crippen LogP contribution >= 0.6 is 24.6 Å². The average Bonchev–Trinajstić information content (AvgIpc) is 4.06. The van der Waals surface area contributed by atoms with Crippen molar-refractivity contribution in [1.29, 1.82) is 0 Å². The van der Waals surface area contributed by atoms with Crippen molar-refractivity contribution in [3.05, 3.63) is 173 Å². The van der Waals surface area contributed by atoms with Crippen LogP contribution in [-0.4, -0.2) is 46.6 Å². The molecule has 24 nitrogen and oxygen atoms in total. The first-order valence-electron chi connectivity index (χ1n) is 20.4. The molecule has 2 aromatic heterocycles. The maximum Gasteiger partial charge on any atom is 0.380 e. The van der Waals surface area contributed by atoms with E-state index in [0.717, 1.165) is 39.1 Å². The zero-order valence-electron chi connectivity index (χ0n) is 38.3. The molecule has 0 fully saturated rings. The molecule has 0 aliphatic rings. The molecule has 374 valence electrons. The van der Waals surface area contributed by atoms with Crippen molar-refractivity contribution in [3.8, 4) is 23.0 Å². The van der Waals surface area contributed by atoms with Crippen LogP contribution in [0.3, 0.4) is 0 Å². The topological polar surface area (TPSA) is 323 Å². The van der Waals surface area contributed by atoms with Crippen LogP contribution in [-0.2, 0) is 39.3 Å². The molecule has 2 unspecified atom stereocenters. The highest BCUT2D eigenvalue weighted by molar-refractivity contribution is 7.90. The van der Waals surface area contributed by atoms with Crippen LogP contribution < -0.4 is 49.2 Å². The van der Waals surface area contributed by atoms with Crippen LogP contribution in [0.5, 0.6) is 23.0 Å². The van der Waals surface area contributed by atoms with Gasteiger partial charge in [0.05, 0.1) is 11.7 Å². The van der Waals surface area contributed by atoms with E-state index in [4.69, 9.17) is 38.8 Å². The number of hydrogen-bond donors (Lipinski definition) is 5. The fraction of sp³-hybridized carbons (Fsp3) is 0.190. The summed E-state index contributed by atoms with van der Waals surface area (Å²) < 4.78 is 78.5. The predicted octanol–water partition coefficient (Wildman–Crippen LogP) is 5.90. The Labute approximate surface area is 413 Å². The minimum absolute atomic E-state index is 0.139. The van der Waals surface area contributed by atoms with Gasteiger partial charge in [-0.2, -0.15) is 38.9 Å². The number of nitrogens with one attached hydrogen (secondary N) is 1. The molecule has 9 N–H and O–H groups in total. The van der Waals surface area contributed by atoms with E-state index in [2.05, 4.69) is 44.5 Å². The highest BCUT2D eigenvalue weighted by atomic mass is 32.2. The van der Waals surface area contributed by atoms with Crippen molar-refractivity contribution in [1.82, 2.24) is 29.7 Å². The SMILES string of the molecule is CC.Cc1cc(C(Nn2cnnc2)c2ccc(OS(N)(=O)=O)c(C)c2)ccc1OSOON.Cc1cc(C(c2ccc(OS(N)(=O)=O)c(C)c2)N(c2ccccc2)n2cnnc2)ccc1OSOON. The molecule has 2 atom stereocenters. The van der Waals surface area contributed by atoms with Crippen molar-refractivity contribution in [2.75, 3.05) is 10.4 Å². The Morgan fingerprint density at radius 2 is 0.943 bits per heavy atom. The zero-order valence-corrected chi connectivity index (χ0v) is 41.5. The van der Waals surface area contributed by atoms with E-state index in [1.165, 1.54) is 12.7 Å². The molecular formula is C42H50N12O12S4. The number of nitrogens with zero attached hydrogens (tertiary/aromatic N) is 7. The van der Waals surface area contributed by atoms with Crippen LogP contribution in [0.25, 0.3) is 0 Å². The maximum atomic E-state index is 11.5. The Balaban J connectivity index is 0.000000256. The molecule has 0 aliphatic heterocycles. The number of benzene rings is 5. The van der Waals surface area contributed by atoms with E-state index in [1.807, 2.05) is 93.4 Å². The summed E-state index contributed by atoms with van der Waals surface area (Å²) in [5, 5.41) is 27.6. The maximum absolute atomic E-state index is 11.5. The Hall–Kier alpha value is -6.54. The van der Waals surface area contributed by atoms with E-state index in [-0.39, 0.29) is 17.5 Å². The van der Waals surface area contributed by atoms with Crippen molar-refractivity contribution in [2.45, 2.75) is 53.6 Å². The van der Waals surface area contributed by atoms with Gasteiger partial charge in [0, 0.05) is 0 Å². The van der Waals surface area contributed by atoms with Gasteiger partial charge in [0.1, 0.15) is 54.3 Å². The first-order chi connectivity index (χ1) is 33.5. The second kappa shape index (κ2) is 25.9. The Bertz CT molecular complexity index is 2960. The van der Waals surface area contributed by atoms with E-state index in [9.17, 15) is 16.8 Å². The molecule has 7 rings (SSSR count). The van der Waals surface area contributed by atoms with Gasteiger partial charge in [0.15, 0.2) is 0 Å². The third-order valence-corrected chi connectivity index (χ3v) is 11.1. The summed E-state index contributed by atoms with van der Waals surface area (Å²) in [6.07, 6.45) is 6.22. The lowest BCUT2D eigenvalue weighted by Gasteiger charge is -2.35. The Morgan fingerprint density at radius 1 is 0.557 bits per heavy atom. The normalized spacial score (nSPS) is 12.0. The summed E-state index contributed by atoms with van der Waals surface area (Å²) in [6, 6.07) is 30.4. The smallest absolute Gasteiger partial charge is 0.380 e. The summed E-state index contributed by atoms with van der Waals surface area (Å²) in [4.78, 5) is 8.05. The number of anilines is 1. The van der Waals surface area contributed by atoms with Gasteiger partial charge in [0.2, 0.25) is 0 Å². The van der Waals surface area contributed by atoms with Crippen molar-refractivity contribution in [2.24, 2.45) is 22.1 Å². The highest BCUT2D eigenvalue weighted by Gasteiger charge is 2.27. The van der Waals surface area contributed by atoms with Gasteiger partial charge in [-0.25, -0.2) is 9.35 Å². The van der Waals surface area contributed by atoms with Gasteiger partial charge >= 0.3 is 20.6 Å². The molecule has 70 heavy (non-hydrogen) atoms. The summed E-state index contributed by atoms with van der Waals surface area (Å²) in [5.74, 6) is 11.0. The minimum Gasteiger partial charge on any atom is -0.398 e. The van der Waals surface area contributed by atoms with Crippen LogP contribution in [0.1, 0.15) is 70.4 Å². The third-order valence-electron chi connectivity index (χ3n) is 9.51. The number of hydrogen-bond acceptors (Lipinski definition) is 22. The third kappa shape index (κ3) is 15.7. The fourth-order valence-electron chi connectivity index (χ4n) is 6.68. The number of aryl methyl sites for hydroxylation is 4. The fourth-order valence-corrected chi connectivity index (χ4v) is 8.20. The van der Waals surface area contributed by atoms with E-state index >= 15 is 0 Å². The molecule has 0 aliphatic carbocycles.